The molecule has 8 heteroatoms. The summed E-state index contributed by atoms with van der Waals surface area (Å²) in [5.41, 5.74) is 2.02. The largest absolute Gasteiger partial charge is 0.472 e. The maximum atomic E-state index is 12.4. The molecule has 0 aliphatic carbocycles. The molecule has 3 aromatic heterocycles. The molecule has 0 spiro atoms. The van der Waals surface area contributed by atoms with E-state index in [1.165, 1.54) is 0 Å². The first-order valence-electron chi connectivity index (χ1n) is 7.33. The summed E-state index contributed by atoms with van der Waals surface area (Å²) < 4.78 is 11.8. The Morgan fingerprint density at radius 3 is 3.00 bits per heavy atom. The third-order valence-corrected chi connectivity index (χ3v) is 3.93. The summed E-state index contributed by atoms with van der Waals surface area (Å²) in [6, 6.07) is 3.56. The highest BCUT2D eigenvalue weighted by atomic mass is 16.5. The number of amides is 1. The molecule has 8 nitrogen and oxygen atoms in total. The molecule has 0 unspecified atom stereocenters. The minimum atomic E-state index is -0.118. The minimum absolute atomic E-state index is 0.118. The predicted octanol–water partition coefficient (Wildman–Crippen LogP) is 1.38. The summed E-state index contributed by atoms with van der Waals surface area (Å²) in [6.45, 7) is 1.44. The first kappa shape index (κ1) is 13.7. The molecule has 118 valence electrons. The number of rotatable bonds is 4. The molecular weight excluding hydrogens is 298 g/mol. The van der Waals surface area contributed by atoms with Crippen molar-refractivity contribution in [2.45, 2.75) is 6.42 Å². The number of aryl methyl sites for hydroxylation is 1. The average Bonchev–Trinajstić information content (AvgIpc) is 3.22. The van der Waals surface area contributed by atoms with Gasteiger partial charge in [-0.1, -0.05) is 10.4 Å². The second-order valence-corrected chi connectivity index (χ2v) is 5.77. The van der Waals surface area contributed by atoms with Gasteiger partial charge in [-0.05, 0) is 24.0 Å². The van der Waals surface area contributed by atoms with E-state index in [-0.39, 0.29) is 5.91 Å². The monoisotopic (exact) mass is 313 g/mol. The third-order valence-electron chi connectivity index (χ3n) is 3.93. The maximum absolute atomic E-state index is 12.4. The van der Waals surface area contributed by atoms with E-state index in [0.29, 0.717) is 23.1 Å². The number of carbonyl (C=O) groups excluding carboxylic acids is 1. The van der Waals surface area contributed by atoms with Crippen LogP contribution in [0.25, 0.3) is 11.5 Å². The fourth-order valence-corrected chi connectivity index (χ4v) is 2.73. The van der Waals surface area contributed by atoms with Gasteiger partial charge in [0.25, 0.3) is 5.91 Å². The summed E-state index contributed by atoms with van der Waals surface area (Å²) >= 11 is 0. The van der Waals surface area contributed by atoms with Crippen LogP contribution in [-0.2, 0) is 13.5 Å². The van der Waals surface area contributed by atoms with E-state index in [9.17, 15) is 4.79 Å². The van der Waals surface area contributed by atoms with Gasteiger partial charge in [-0.3, -0.25) is 9.48 Å². The molecule has 1 amide bonds. The fourth-order valence-electron chi connectivity index (χ4n) is 2.73. The van der Waals surface area contributed by atoms with Crippen molar-refractivity contribution in [3.05, 3.63) is 42.1 Å². The molecule has 1 aliphatic heterocycles. The summed E-state index contributed by atoms with van der Waals surface area (Å²) in [5, 5.41) is 11.6. The van der Waals surface area contributed by atoms with E-state index in [0.717, 1.165) is 25.1 Å². The third kappa shape index (κ3) is 2.63. The lowest BCUT2D eigenvalue weighted by atomic mass is 9.93. The van der Waals surface area contributed by atoms with Gasteiger partial charge in [0.2, 0.25) is 0 Å². The van der Waals surface area contributed by atoms with Crippen LogP contribution < -0.4 is 0 Å². The van der Waals surface area contributed by atoms with Crippen molar-refractivity contribution in [2.24, 2.45) is 13.0 Å². The zero-order valence-electron chi connectivity index (χ0n) is 12.5. The Morgan fingerprint density at radius 1 is 1.43 bits per heavy atom. The van der Waals surface area contributed by atoms with Crippen LogP contribution in [0.4, 0.5) is 0 Å². The molecule has 0 N–H and O–H groups in total. The number of hydrogen-bond donors (Lipinski definition) is 0. The molecule has 4 heterocycles. The van der Waals surface area contributed by atoms with E-state index in [2.05, 4.69) is 15.5 Å². The van der Waals surface area contributed by atoms with Crippen LogP contribution in [0, 0.1) is 5.92 Å². The van der Waals surface area contributed by atoms with Gasteiger partial charge in [0.15, 0.2) is 17.1 Å². The van der Waals surface area contributed by atoms with Gasteiger partial charge in [0, 0.05) is 26.2 Å². The summed E-state index contributed by atoms with van der Waals surface area (Å²) in [7, 11) is 1.76. The molecule has 4 rings (SSSR count). The normalized spacial score (nSPS) is 14.9. The highest BCUT2D eigenvalue weighted by Gasteiger charge is 2.33. The van der Waals surface area contributed by atoms with Gasteiger partial charge in [-0.15, -0.1) is 5.10 Å². The molecule has 23 heavy (non-hydrogen) atoms. The number of aromatic nitrogens is 4. The second kappa shape index (κ2) is 5.38. The average molecular weight is 313 g/mol. The van der Waals surface area contributed by atoms with E-state index in [1.54, 1.807) is 41.4 Å². The number of nitrogens with zero attached hydrogens (tertiary/aromatic N) is 5. The Labute approximate surface area is 131 Å². The topological polar surface area (TPSA) is 90.2 Å². The van der Waals surface area contributed by atoms with Crippen LogP contribution >= 0.6 is 0 Å². The van der Waals surface area contributed by atoms with Crippen molar-refractivity contribution in [2.75, 3.05) is 13.1 Å². The Balaban J connectivity index is 1.38. The SMILES string of the molecule is Cn1cc(-c2cc(C(=O)N3CC(Cc4ccoc4)C3)no2)nn1. The van der Waals surface area contributed by atoms with E-state index in [4.69, 9.17) is 8.94 Å². The van der Waals surface area contributed by atoms with Gasteiger partial charge >= 0.3 is 0 Å². The minimum Gasteiger partial charge on any atom is -0.472 e. The lowest BCUT2D eigenvalue weighted by molar-refractivity contribution is 0.0490. The van der Waals surface area contributed by atoms with Gasteiger partial charge in [0.05, 0.1) is 18.7 Å². The molecule has 0 saturated carbocycles. The van der Waals surface area contributed by atoms with E-state index in [1.807, 2.05) is 6.07 Å². The summed E-state index contributed by atoms with van der Waals surface area (Å²) in [4.78, 5) is 14.1. The molecular formula is C15H15N5O3. The van der Waals surface area contributed by atoms with Crippen molar-refractivity contribution >= 4 is 5.91 Å². The van der Waals surface area contributed by atoms with Crippen molar-refractivity contribution in [1.29, 1.82) is 0 Å². The van der Waals surface area contributed by atoms with Crippen LogP contribution in [0.3, 0.4) is 0 Å². The lowest BCUT2D eigenvalue weighted by Crippen LogP contribution is -2.50. The van der Waals surface area contributed by atoms with Gasteiger partial charge in [-0.25, -0.2) is 0 Å². The first-order valence-corrected chi connectivity index (χ1v) is 7.33. The van der Waals surface area contributed by atoms with Gasteiger partial charge in [0.1, 0.15) is 0 Å². The molecule has 3 aromatic rings. The highest BCUT2D eigenvalue weighted by Crippen LogP contribution is 2.24. The zero-order valence-corrected chi connectivity index (χ0v) is 12.5. The lowest BCUT2D eigenvalue weighted by Gasteiger charge is -2.38. The van der Waals surface area contributed by atoms with E-state index < -0.39 is 0 Å². The number of furan rings is 1. The van der Waals surface area contributed by atoms with Gasteiger partial charge < -0.3 is 13.8 Å². The van der Waals surface area contributed by atoms with E-state index >= 15 is 0 Å². The van der Waals surface area contributed by atoms with Gasteiger partial charge in [-0.2, -0.15) is 0 Å². The number of carbonyl (C=O) groups is 1. The quantitative estimate of drug-likeness (QED) is 0.723. The highest BCUT2D eigenvalue weighted by molar-refractivity contribution is 5.93. The standard InChI is InChI=1S/C15H15N5O3/c1-19-8-13(16-18-19)14-5-12(17-23-14)15(21)20-6-11(7-20)4-10-2-3-22-9-10/h2-3,5,8-9,11H,4,6-7H2,1H3. The fraction of sp³-hybridized carbons (Fsp3) is 0.333. The zero-order chi connectivity index (χ0) is 15.8. The number of hydrogen-bond acceptors (Lipinski definition) is 6. The summed E-state index contributed by atoms with van der Waals surface area (Å²) in [6.07, 6.45) is 6.04. The summed E-state index contributed by atoms with van der Waals surface area (Å²) in [5.74, 6) is 0.784. The molecule has 1 saturated heterocycles. The van der Waals surface area contributed by atoms with Crippen LogP contribution in [0.2, 0.25) is 0 Å². The van der Waals surface area contributed by atoms with Crippen molar-refractivity contribution < 1.29 is 13.7 Å². The van der Waals surface area contributed by atoms with Crippen LogP contribution in [0.15, 0.2) is 39.8 Å². The molecule has 1 fully saturated rings. The smallest absolute Gasteiger partial charge is 0.276 e. The van der Waals surface area contributed by atoms with Crippen molar-refractivity contribution in [3.8, 4) is 11.5 Å². The first-order chi connectivity index (χ1) is 11.2. The maximum Gasteiger partial charge on any atom is 0.276 e. The Hall–Kier alpha value is -2.90. The van der Waals surface area contributed by atoms with Crippen LogP contribution in [0.5, 0.6) is 0 Å². The predicted molar refractivity (Wildman–Crippen MR) is 78.3 cm³/mol. The Kier molecular flexibility index (Phi) is 3.22. The number of likely N-dealkylation sites (tertiary alicyclic amines) is 1. The van der Waals surface area contributed by atoms with Crippen molar-refractivity contribution in [3.63, 3.8) is 0 Å². The van der Waals surface area contributed by atoms with Crippen LogP contribution in [0.1, 0.15) is 16.1 Å². The molecule has 0 radical (unpaired) electrons. The van der Waals surface area contributed by atoms with Crippen LogP contribution in [-0.4, -0.2) is 44.0 Å². The molecule has 0 atom stereocenters. The molecule has 0 bridgehead atoms. The second-order valence-electron chi connectivity index (χ2n) is 5.77. The Bertz CT molecular complexity index is 814. The van der Waals surface area contributed by atoms with Crippen molar-refractivity contribution in [1.82, 2.24) is 25.1 Å². The molecule has 0 aromatic carbocycles. The Morgan fingerprint density at radius 2 is 2.30 bits per heavy atom. The molecule has 1 aliphatic rings.